The van der Waals surface area contributed by atoms with Crippen molar-refractivity contribution >= 4 is 29.1 Å². The minimum Gasteiger partial charge on any atom is -0.267 e. The van der Waals surface area contributed by atoms with Crippen LogP contribution in [0.5, 0.6) is 0 Å². The fraction of sp³-hybridized carbons (Fsp3) is 0.200. The average molecular weight is 350 g/mol. The lowest BCUT2D eigenvalue weighted by Gasteiger charge is -2.29. The molecule has 2 aromatic rings. The largest absolute Gasteiger partial charge is 0.271 e. The van der Waals surface area contributed by atoms with Crippen molar-refractivity contribution in [1.29, 1.82) is 5.26 Å². The summed E-state index contributed by atoms with van der Waals surface area (Å²) in [4.78, 5) is 12.8. The van der Waals surface area contributed by atoms with Crippen LogP contribution in [0.1, 0.15) is 21.5 Å². The molecule has 0 bridgehead atoms. The number of benzene rings is 1. The molecule has 118 valence electrons. The van der Waals surface area contributed by atoms with Crippen LogP contribution in [0, 0.1) is 11.3 Å². The van der Waals surface area contributed by atoms with Crippen LogP contribution in [0.25, 0.3) is 0 Å². The van der Waals surface area contributed by atoms with Crippen molar-refractivity contribution in [3.63, 3.8) is 0 Å². The van der Waals surface area contributed by atoms with Crippen LogP contribution in [0.4, 0.5) is 0 Å². The van der Waals surface area contributed by atoms with Crippen LogP contribution < -0.4 is 0 Å². The predicted molar refractivity (Wildman–Crippen MR) is 86.8 cm³/mol. The molecule has 2 rings (SSSR count). The second kappa shape index (κ2) is 7.38. The van der Waals surface area contributed by atoms with Crippen molar-refractivity contribution in [3.8, 4) is 6.07 Å². The molecule has 0 aliphatic rings. The zero-order valence-corrected chi connectivity index (χ0v) is 14.0. The molecular weight excluding hydrogens is 337 g/mol. The van der Waals surface area contributed by atoms with Crippen LogP contribution >= 0.6 is 23.2 Å². The predicted octanol–water partition coefficient (Wildman–Crippen LogP) is 2.77. The van der Waals surface area contributed by atoms with E-state index in [2.05, 4.69) is 16.3 Å². The maximum absolute atomic E-state index is 12.8. The quantitative estimate of drug-likeness (QED) is 0.793. The Morgan fingerprint density at radius 1 is 1.26 bits per heavy atom. The zero-order chi connectivity index (χ0) is 17.0. The van der Waals surface area contributed by atoms with Crippen LogP contribution in [-0.2, 0) is 6.54 Å². The van der Waals surface area contributed by atoms with Crippen LogP contribution in [-0.4, -0.2) is 40.2 Å². The summed E-state index contributed by atoms with van der Waals surface area (Å²) in [6.07, 6.45) is 0. The molecule has 0 atom stereocenters. The van der Waals surface area contributed by atoms with Crippen molar-refractivity contribution in [1.82, 2.24) is 20.2 Å². The van der Waals surface area contributed by atoms with Gasteiger partial charge in [0.25, 0.3) is 5.91 Å². The molecule has 0 saturated carbocycles. The minimum atomic E-state index is -0.385. The normalized spacial score (nSPS) is 10.4. The van der Waals surface area contributed by atoms with Gasteiger partial charge in [-0.25, -0.2) is 5.01 Å². The number of rotatable bonds is 4. The Balaban J connectivity index is 2.37. The molecule has 8 heteroatoms. The average Bonchev–Trinajstić information content (AvgIpc) is 2.54. The van der Waals surface area contributed by atoms with Crippen LogP contribution in [0.15, 0.2) is 30.3 Å². The molecule has 0 saturated heterocycles. The molecule has 1 aromatic heterocycles. The molecule has 0 unspecified atom stereocenters. The Morgan fingerprint density at radius 2 is 1.96 bits per heavy atom. The van der Waals surface area contributed by atoms with E-state index >= 15 is 0 Å². The van der Waals surface area contributed by atoms with E-state index in [9.17, 15) is 10.1 Å². The fourth-order valence-corrected chi connectivity index (χ4v) is 2.29. The topological polar surface area (TPSA) is 73.1 Å². The Hall–Kier alpha value is -2.20. The standard InChI is InChI=1S/C15H13Cl2N5O/c1-21(2)22(9-11-6-4-3-5-10(11)8-18)15(23)12-7-13(16)19-20-14(12)17/h3-7H,9H2,1-2H3. The smallest absolute Gasteiger partial charge is 0.267 e. The van der Waals surface area contributed by atoms with Gasteiger partial charge in [-0.2, -0.15) is 5.26 Å². The first kappa shape index (κ1) is 17.2. The molecule has 0 aliphatic carbocycles. The first-order chi connectivity index (χ1) is 10.9. The van der Waals surface area contributed by atoms with Crippen LogP contribution in [0.3, 0.4) is 0 Å². The van der Waals surface area contributed by atoms with Crippen molar-refractivity contribution in [3.05, 3.63) is 57.3 Å². The molecule has 0 fully saturated rings. The Labute approximate surface area is 143 Å². The first-order valence-electron chi connectivity index (χ1n) is 6.60. The number of nitrogens with zero attached hydrogens (tertiary/aromatic N) is 5. The molecular formula is C15H13Cl2N5O. The summed E-state index contributed by atoms with van der Waals surface area (Å²) >= 11 is 11.7. The lowest BCUT2D eigenvalue weighted by molar-refractivity contribution is 0.0154. The number of nitriles is 1. The summed E-state index contributed by atoms with van der Waals surface area (Å²) < 4.78 is 0. The lowest BCUT2D eigenvalue weighted by Crippen LogP contribution is -2.41. The Bertz CT molecular complexity index is 773. The maximum atomic E-state index is 12.8. The number of carbonyl (C=O) groups excluding carboxylic acids is 1. The van der Waals surface area contributed by atoms with E-state index in [1.54, 1.807) is 37.3 Å². The van der Waals surface area contributed by atoms with E-state index < -0.39 is 0 Å². The third-order valence-corrected chi connectivity index (χ3v) is 3.59. The van der Waals surface area contributed by atoms with Gasteiger partial charge in [-0.1, -0.05) is 41.4 Å². The van der Waals surface area contributed by atoms with Crippen molar-refractivity contribution in [2.75, 3.05) is 14.1 Å². The highest BCUT2D eigenvalue weighted by Gasteiger charge is 2.23. The SMILES string of the molecule is CN(C)N(Cc1ccccc1C#N)C(=O)c1cc(Cl)nnc1Cl. The van der Waals surface area contributed by atoms with Gasteiger partial charge in [0.05, 0.1) is 23.7 Å². The summed E-state index contributed by atoms with van der Waals surface area (Å²) in [7, 11) is 3.44. The number of halogens is 2. The summed E-state index contributed by atoms with van der Waals surface area (Å²) in [6, 6.07) is 10.6. The first-order valence-corrected chi connectivity index (χ1v) is 7.35. The number of hydrazine groups is 1. The van der Waals surface area contributed by atoms with Crippen molar-refractivity contribution < 1.29 is 4.79 Å². The molecule has 6 nitrogen and oxygen atoms in total. The Morgan fingerprint density at radius 3 is 2.61 bits per heavy atom. The van der Waals surface area contributed by atoms with Crippen molar-refractivity contribution in [2.24, 2.45) is 0 Å². The molecule has 0 aliphatic heterocycles. The highest BCUT2D eigenvalue weighted by atomic mass is 35.5. The van der Waals surface area contributed by atoms with E-state index in [0.29, 0.717) is 5.56 Å². The number of hydrogen-bond donors (Lipinski definition) is 0. The third kappa shape index (κ3) is 3.96. The van der Waals surface area contributed by atoms with E-state index in [1.165, 1.54) is 11.1 Å². The zero-order valence-electron chi connectivity index (χ0n) is 12.5. The van der Waals surface area contributed by atoms with Gasteiger partial charge in [-0.15, -0.1) is 10.2 Å². The number of amides is 1. The van der Waals surface area contributed by atoms with Gasteiger partial charge in [-0.05, 0) is 17.7 Å². The highest BCUT2D eigenvalue weighted by Crippen LogP contribution is 2.20. The van der Waals surface area contributed by atoms with Crippen LogP contribution in [0.2, 0.25) is 10.3 Å². The number of hydrogen-bond acceptors (Lipinski definition) is 5. The molecule has 1 aromatic carbocycles. The summed E-state index contributed by atoms with van der Waals surface area (Å²) in [5, 5.41) is 19.5. The van der Waals surface area contributed by atoms with Gasteiger partial charge in [0, 0.05) is 14.1 Å². The fourth-order valence-electron chi connectivity index (χ4n) is 1.97. The molecule has 0 radical (unpaired) electrons. The van der Waals surface area contributed by atoms with Gasteiger partial charge in [-0.3, -0.25) is 9.80 Å². The second-order valence-electron chi connectivity index (χ2n) is 4.85. The van der Waals surface area contributed by atoms with Gasteiger partial charge in [0.1, 0.15) is 0 Å². The van der Waals surface area contributed by atoms with E-state index in [4.69, 9.17) is 23.2 Å². The van der Waals surface area contributed by atoms with E-state index in [1.807, 2.05) is 6.07 Å². The maximum Gasteiger partial charge on any atom is 0.271 e. The van der Waals surface area contributed by atoms with Gasteiger partial charge < -0.3 is 0 Å². The molecule has 0 spiro atoms. The molecule has 23 heavy (non-hydrogen) atoms. The van der Waals surface area contributed by atoms with Gasteiger partial charge >= 0.3 is 0 Å². The third-order valence-electron chi connectivity index (χ3n) is 3.12. The molecule has 1 amide bonds. The van der Waals surface area contributed by atoms with Crippen molar-refractivity contribution in [2.45, 2.75) is 6.54 Å². The number of aromatic nitrogens is 2. The van der Waals surface area contributed by atoms with Gasteiger partial charge in [0.2, 0.25) is 0 Å². The molecule has 0 N–H and O–H groups in total. The Kier molecular flexibility index (Phi) is 5.50. The minimum absolute atomic E-state index is 0.0279. The molecule has 1 heterocycles. The van der Waals surface area contributed by atoms with Gasteiger partial charge in [0.15, 0.2) is 10.3 Å². The highest BCUT2D eigenvalue weighted by molar-refractivity contribution is 6.34. The lowest BCUT2D eigenvalue weighted by atomic mass is 10.1. The summed E-state index contributed by atoms with van der Waals surface area (Å²) in [5.74, 6) is -0.385. The summed E-state index contributed by atoms with van der Waals surface area (Å²) in [6.45, 7) is 0.214. The monoisotopic (exact) mass is 349 g/mol. The summed E-state index contributed by atoms with van der Waals surface area (Å²) in [5.41, 5.74) is 1.38. The van der Waals surface area contributed by atoms with E-state index in [0.717, 1.165) is 5.56 Å². The van der Waals surface area contributed by atoms with E-state index in [-0.39, 0.29) is 28.3 Å². The number of carbonyl (C=O) groups is 1. The second-order valence-corrected chi connectivity index (χ2v) is 5.60.